The van der Waals surface area contributed by atoms with E-state index in [0.717, 1.165) is 44.5 Å². The normalized spacial score (nSPS) is 25.9. The first kappa shape index (κ1) is 15.3. The van der Waals surface area contributed by atoms with E-state index in [4.69, 9.17) is 0 Å². The smallest absolute Gasteiger partial charge is 0.249 e. The molecule has 1 amide bonds. The van der Waals surface area contributed by atoms with Crippen LogP contribution < -0.4 is 0 Å². The van der Waals surface area contributed by atoms with Crippen molar-refractivity contribution in [1.82, 2.24) is 14.8 Å². The number of likely N-dealkylation sites (tertiary alicyclic amines) is 1. The SMILES string of the molecule is CN(Cc1nccs1)[C@H]1CC12CCN(C(=O)C1=CCCC1)CC2. The second-order valence-electron chi connectivity index (χ2n) is 7.34. The predicted octanol–water partition coefficient (Wildman–Crippen LogP) is 3.07. The Hall–Kier alpha value is -1.20. The average molecular weight is 331 g/mol. The van der Waals surface area contributed by atoms with Gasteiger partial charge in [0.1, 0.15) is 5.01 Å². The largest absolute Gasteiger partial charge is 0.339 e. The first-order valence-electron chi connectivity index (χ1n) is 8.75. The summed E-state index contributed by atoms with van der Waals surface area (Å²) >= 11 is 1.74. The summed E-state index contributed by atoms with van der Waals surface area (Å²) in [7, 11) is 2.22. The second-order valence-corrected chi connectivity index (χ2v) is 8.32. The summed E-state index contributed by atoms with van der Waals surface area (Å²) in [5, 5.41) is 3.25. The fourth-order valence-corrected chi connectivity index (χ4v) is 5.04. The number of nitrogens with zero attached hydrogens (tertiary/aromatic N) is 3. The number of carbonyl (C=O) groups excluding carboxylic acids is 1. The summed E-state index contributed by atoms with van der Waals surface area (Å²) < 4.78 is 0. The quantitative estimate of drug-likeness (QED) is 0.851. The molecule has 0 aromatic carbocycles. The maximum atomic E-state index is 12.5. The summed E-state index contributed by atoms with van der Waals surface area (Å²) in [4.78, 5) is 21.5. The highest BCUT2D eigenvalue weighted by molar-refractivity contribution is 7.09. The molecule has 2 heterocycles. The monoisotopic (exact) mass is 331 g/mol. The number of thiazole rings is 1. The van der Waals surface area contributed by atoms with E-state index < -0.39 is 0 Å². The molecule has 1 aromatic heterocycles. The van der Waals surface area contributed by atoms with Crippen molar-refractivity contribution < 1.29 is 4.79 Å². The van der Waals surface area contributed by atoms with Crippen molar-refractivity contribution in [3.05, 3.63) is 28.2 Å². The third-order valence-corrected chi connectivity index (χ3v) is 6.67. The van der Waals surface area contributed by atoms with Gasteiger partial charge in [-0.15, -0.1) is 11.3 Å². The molecule has 1 aliphatic heterocycles. The van der Waals surface area contributed by atoms with Crippen LogP contribution in [0.5, 0.6) is 0 Å². The van der Waals surface area contributed by atoms with Crippen molar-refractivity contribution in [2.45, 2.75) is 51.1 Å². The van der Waals surface area contributed by atoms with Gasteiger partial charge in [-0.3, -0.25) is 9.69 Å². The number of carbonyl (C=O) groups is 1. The fourth-order valence-electron chi connectivity index (χ4n) is 4.36. The Balaban J connectivity index is 1.31. The minimum Gasteiger partial charge on any atom is -0.339 e. The number of piperidine rings is 1. The molecular weight excluding hydrogens is 306 g/mol. The van der Waals surface area contributed by atoms with E-state index in [9.17, 15) is 4.79 Å². The van der Waals surface area contributed by atoms with Crippen LogP contribution in [0.15, 0.2) is 23.2 Å². The lowest BCUT2D eigenvalue weighted by molar-refractivity contribution is -0.128. The van der Waals surface area contributed by atoms with Gasteiger partial charge in [-0.05, 0) is 51.0 Å². The highest BCUT2D eigenvalue weighted by atomic mass is 32.1. The van der Waals surface area contributed by atoms with Crippen LogP contribution in [-0.4, -0.2) is 46.9 Å². The standard InChI is InChI=1S/C18H25N3OS/c1-20(13-16-19-8-11-23-16)15-12-18(15)6-9-21(10-7-18)17(22)14-4-2-3-5-14/h4,8,11,15H,2-3,5-7,9-10,12-13H2,1H3/t15-/m0/s1. The number of allylic oxidation sites excluding steroid dienone is 1. The van der Waals surface area contributed by atoms with Crippen LogP contribution in [0.25, 0.3) is 0 Å². The van der Waals surface area contributed by atoms with E-state index >= 15 is 0 Å². The minimum absolute atomic E-state index is 0.311. The molecule has 4 nitrogen and oxygen atoms in total. The summed E-state index contributed by atoms with van der Waals surface area (Å²) in [6, 6.07) is 0.675. The molecule has 0 N–H and O–H groups in total. The molecule has 5 heteroatoms. The summed E-state index contributed by atoms with van der Waals surface area (Å²) in [5.41, 5.74) is 1.53. The van der Waals surface area contributed by atoms with Crippen molar-refractivity contribution in [3.63, 3.8) is 0 Å². The van der Waals surface area contributed by atoms with Gasteiger partial charge in [0.05, 0.1) is 6.54 Å². The Kier molecular flexibility index (Phi) is 4.01. The lowest BCUT2D eigenvalue weighted by Gasteiger charge is -2.34. The lowest BCUT2D eigenvalue weighted by Crippen LogP contribution is -2.41. The Morgan fingerprint density at radius 2 is 2.30 bits per heavy atom. The minimum atomic E-state index is 0.311. The van der Waals surface area contributed by atoms with Crippen LogP contribution in [0, 0.1) is 5.41 Å². The molecule has 0 unspecified atom stereocenters. The van der Waals surface area contributed by atoms with Crippen molar-refractivity contribution in [2.75, 3.05) is 20.1 Å². The number of rotatable bonds is 4. The second kappa shape index (κ2) is 6.02. The number of amides is 1. The van der Waals surface area contributed by atoms with Crippen LogP contribution in [0.3, 0.4) is 0 Å². The maximum Gasteiger partial charge on any atom is 0.249 e. The van der Waals surface area contributed by atoms with E-state index in [1.54, 1.807) is 11.3 Å². The molecule has 4 rings (SSSR count). The summed E-state index contributed by atoms with van der Waals surface area (Å²) in [5.74, 6) is 0.311. The predicted molar refractivity (Wildman–Crippen MR) is 92.2 cm³/mol. The fraction of sp³-hybridized carbons (Fsp3) is 0.667. The maximum absolute atomic E-state index is 12.5. The van der Waals surface area contributed by atoms with Gasteiger partial charge in [-0.2, -0.15) is 0 Å². The third kappa shape index (κ3) is 2.96. The molecule has 23 heavy (non-hydrogen) atoms. The van der Waals surface area contributed by atoms with Crippen LogP contribution in [0.1, 0.15) is 43.5 Å². The van der Waals surface area contributed by atoms with Crippen molar-refractivity contribution in [2.24, 2.45) is 5.41 Å². The van der Waals surface area contributed by atoms with Gasteiger partial charge in [0.15, 0.2) is 0 Å². The Morgan fingerprint density at radius 1 is 1.48 bits per heavy atom. The zero-order valence-corrected chi connectivity index (χ0v) is 14.6. The highest BCUT2D eigenvalue weighted by Gasteiger charge is 2.56. The number of hydrogen-bond donors (Lipinski definition) is 0. The molecule has 1 aromatic rings. The van der Waals surface area contributed by atoms with E-state index in [2.05, 4.69) is 27.9 Å². The molecule has 1 saturated carbocycles. The average Bonchev–Trinajstić information content (AvgIpc) is 2.99. The Morgan fingerprint density at radius 3 is 2.96 bits per heavy atom. The molecule has 1 atom stereocenters. The summed E-state index contributed by atoms with van der Waals surface area (Å²) in [6.45, 7) is 2.84. The van der Waals surface area contributed by atoms with Crippen LogP contribution in [-0.2, 0) is 11.3 Å². The van der Waals surface area contributed by atoms with Crippen molar-refractivity contribution >= 4 is 17.2 Å². The molecule has 1 saturated heterocycles. The van der Waals surface area contributed by atoms with E-state index in [1.165, 1.54) is 24.3 Å². The lowest BCUT2D eigenvalue weighted by atomic mass is 9.92. The molecule has 1 spiro atoms. The van der Waals surface area contributed by atoms with Gasteiger partial charge in [-0.25, -0.2) is 4.98 Å². The molecule has 124 valence electrons. The number of aromatic nitrogens is 1. The van der Waals surface area contributed by atoms with Gasteiger partial charge in [0.2, 0.25) is 5.91 Å². The van der Waals surface area contributed by atoms with Crippen LogP contribution >= 0.6 is 11.3 Å². The van der Waals surface area contributed by atoms with Crippen LogP contribution in [0.4, 0.5) is 0 Å². The molecule has 3 aliphatic rings. The Labute approximate surface area is 142 Å². The highest BCUT2D eigenvalue weighted by Crippen LogP contribution is 2.56. The topological polar surface area (TPSA) is 36.4 Å². The zero-order chi connectivity index (χ0) is 15.9. The number of hydrogen-bond acceptors (Lipinski definition) is 4. The first-order chi connectivity index (χ1) is 11.2. The van der Waals surface area contributed by atoms with Gasteiger partial charge in [0.25, 0.3) is 0 Å². The van der Waals surface area contributed by atoms with Gasteiger partial charge in [-0.1, -0.05) is 6.08 Å². The zero-order valence-electron chi connectivity index (χ0n) is 13.8. The van der Waals surface area contributed by atoms with Gasteiger partial charge in [0, 0.05) is 36.3 Å². The van der Waals surface area contributed by atoms with Crippen molar-refractivity contribution in [1.29, 1.82) is 0 Å². The van der Waals surface area contributed by atoms with Gasteiger partial charge < -0.3 is 4.90 Å². The third-order valence-electron chi connectivity index (χ3n) is 5.91. The molecule has 2 aliphatic carbocycles. The molecule has 0 radical (unpaired) electrons. The van der Waals surface area contributed by atoms with Crippen LogP contribution in [0.2, 0.25) is 0 Å². The first-order valence-corrected chi connectivity index (χ1v) is 9.63. The molecule has 0 bridgehead atoms. The van der Waals surface area contributed by atoms with Gasteiger partial charge >= 0.3 is 0 Å². The molecule has 2 fully saturated rings. The Bertz CT molecular complexity index is 602. The summed E-state index contributed by atoms with van der Waals surface area (Å²) in [6.07, 6.45) is 10.9. The van der Waals surface area contributed by atoms with E-state index in [-0.39, 0.29) is 0 Å². The van der Waals surface area contributed by atoms with Crippen molar-refractivity contribution in [3.8, 4) is 0 Å². The van der Waals surface area contributed by atoms with E-state index in [0.29, 0.717) is 17.4 Å². The molecular formula is C18H25N3OS. The van der Waals surface area contributed by atoms with E-state index in [1.807, 2.05) is 11.6 Å².